The molecule has 8 nitrogen and oxygen atoms in total. The molecule has 4 N–H and O–H groups in total. The molecular formula is C21H23F4N7O. The number of hydrazone groups is 1. The lowest BCUT2D eigenvalue weighted by Crippen LogP contribution is -2.51. The fourth-order valence-electron chi connectivity index (χ4n) is 4.45. The molecule has 12 heteroatoms. The zero-order chi connectivity index (χ0) is 23.8. The predicted octanol–water partition coefficient (Wildman–Crippen LogP) is 2.42. The Labute approximate surface area is 187 Å². The number of likely N-dealkylation sites (tertiary alicyclic amines) is 1. The molecule has 1 amide bonds. The third kappa shape index (κ3) is 4.69. The van der Waals surface area contributed by atoms with Gasteiger partial charge in [0.05, 0.1) is 17.6 Å². The topological polar surface area (TPSA) is 108 Å². The van der Waals surface area contributed by atoms with Crippen molar-refractivity contribution in [2.45, 2.75) is 44.1 Å². The van der Waals surface area contributed by atoms with Crippen LogP contribution in [-0.2, 0) is 11.0 Å². The number of pyridine rings is 1. The van der Waals surface area contributed by atoms with Crippen molar-refractivity contribution in [1.82, 2.24) is 15.3 Å². The number of dihydropyridines is 1. The van der Waals surface area contributed by atoms with Crippen molar-refractivity contribution in [2.75, 3.05) is 11.9 Å². The Balaban J connectivity index is 1.51. The largest absolute Gasteiger partial charge is 0.417 e. The Bertz CT molecular complexity index is 1050. The molecular weight excluding hydrogens is 442 g/mol. The van der Waals surface area contributed by atoms with E-state index in [9.17, 15) is 22.4 Å². The molecule has 4 atom stereocenters. The fraction of sp³-hybridized carbons (Fsp3) is 0.429. The molecule has 1 aromatic rings. The summed E-state index contributed by atoms with van der Waals surface area (Å²) in [6.45, 7) is 2.36. The minimum atomic E-state index is -4.68. The van der Waals surface area contributed by atoms with E-state index in [0.29, 0.717) is 37.4 Å². The lowest BCUT2D eigenvalue weighted by Gasteiger charge is -2.34. The van der Waals surface area contributed by atoms with Gasteiger partial charge in [0, 0.05) is 31.2 Å². The quantitative estimate of drug-likeness (QED) is 0.457. The van der Waals surface area contributed by atoms with Crippen molar-refractivity contribution < 1.29 is 22.4 Å². The lowest BCUT2D eigenvalue weighted by molar-refractivity contribution is -0.138. The number of allylic oxidation sites excluding steroid dienone is 1. The number of carbonyl (C=O) groups is 1. The number of aliphatic imine (C=N–C) groups is 1. The van der Waals surface area contributed by atoms with E-state index in [1.54, 1.807) is 11.0 Å². The van der Waals surface area contributed by atoms with Crippen LogP contribution in [0, 0.1) is 11.7 Å². The maximum absolute atomic E-state index is 14.3. The molecule has 2 fully saturated rings. The Morgan fingerprint density at radius 1 is 1.36 bits per heavy atom. The van der Waals surface area contributed by atoms with Crippen molar-refractivity contribution in [3.05, 3.63) is 48.2 Å². The molecule has 3 aliphatic rings. The fourth-order valence-corrected chi connectivity index (χ4v) is 4.45. The van der Waals surface area contributed by atoms with Crippen molar-refractivity contribution in [3.63, 3.8) is 0 Å². The molecule has 4 rings (SSSR count). The monoisotopic (exact) mass is 465 g/mol. The zero-order valence-electron chi connectivity index (χ0n) is 17.7. The van der Waals surface area contributed by atoms with Gasteiger partial charge in [-0.1, -0.05) is 6.08 Å². The second kappa shape index (κ2) is 8.83. The predicted molar refractivity (Wildman–Crippen MR) is 115 cm³/mol. The molecule has 3 heterocycles. The third-order valence-electron chi connectivity index (χ3n) is 5.90. The van der Waals surface area contributed by atoms with Gasteiger partial charge in [0.2, 0.25) is 0 Å². The number of fused-ring (bicyclic) bond motifs is 2. The van der Waals surface area contributed by atoms with Gasteiger partial charge < -0.3 is 16.0 Å². The van der Waals surface area contributed by atoms with Crippen molar-refractivity contribution in [1.29, 1.82) is 0 Å². The number of amides is 1. The molecule has 1 saturated heterocycles. The molecule has 2 bridgehead atoms. The molecule has 0 radical (unpaired) electrons. The van der Waals surface area contributed by atoms with Gasteiger partial charge in [-0.2, -0.15) is 18.3 Å². The highest BCUT2D eigenvalue weighted by molar-refractivity contribution is 6.69. The van der Waals surface area contributed by atoms with Crippen LogP contribution in [0.5, 0.6) is 0 Å². The van der Waals surface area contributed by atoms with Crippen molar-refractivity contribution >= 4 is 23.1 Å². The van der Waals surface area contributed by atoms with E-state index < -0.39 is 17.6 Å². The second-order valence-electron chi connectivity index (χ2n) is 8.23. The lowest BCUT2D eigenvalue weighted by atomic mass is 10.0. The summed E-state index contributed by atoms with van der Waals surface area (Å²) in [6, 6.07) is -0.399. The number of nitrogens with zero attached hydrogens (tertiary/aromatic N) is 4. The minimum Gasteiger partial charge on any atom is -0.403 e. The Kier molecular flexibility index (Phi) is 6.09. The van der Waals surface area contributed by atoms with Crippen LogP contribution < -0.4 is 16.5 Å². The maximum atomic E-state index is 14.3. The summed E-state index contributed by atoms with van der Waals surface area (Å²) in [5, 5.41) is 7.04. The highest BCUT2D eigenvalue weighted by Gasteiger charge is 2.48. The van der Waals surface area contributed by atoms with Gasteiger partial charge in [0.1, 0.15) is 5.71 Å². The van der Waals surface area contributed by atoms with E-state index in [4.69, 9.17) is 5.73 Å². The van der Waals surface area contributed by atoms with Crippen LogP contribution in [0.3, 0.4) is 0 Å². The molecule has 1 aromatic heterocycles. The van der Waals surface area contributed by atoms with E-state index in [2.05, 4.69) is 25.8 Å². The first kappa shape index (κ1) is 22.7. The van der Waals surface area contributed by atoms with Gasteiger partial charge in [0.15, 0.2) is 17.3 Å². The van der Waals surface area contributed by atoms with Gasteiger partial charge in [-0.15, -0.1) is 0 Å². The first-order valence-electron chi connectivity index (χ1n) is 10.4. The number of alkyl halides is 3. The smallest absolute Gasteiger partial charge is 0.403 e. The van der Waals surface area contributed by atoms with Gasteiger partial charge in [0.25, 0.3) is 5.91 Å². The van der Waals surface area contributed by atoms with E-state index in [1.165, 1.54) is 12.4 Å². The van der Waals surface area contributed by atoms with Crippen molar-refractivity contribution in [2.24, 2.45) is 21.7 Å². The zero-order valence-corrected chi connectivity index (χ0v) is 17.7. The highest BCUT2D eigenvalue weighted by atomic mass is 19.4. The number of hydrogen-bond acceptors (Lipinski definition) is 7. The minimum absolute atomic E-state index is 0.185. The molecule has 1 saturated carbocycles. The van der Waals surface area contributed by atoms with E-state index in [1.807, 2.05) is 13.0 Å². The highest BCUT2D eigenvalue weighted by Crippen LogP contribution is 2.40. The number of hydrogen-bond donors (Lipinski definition) is 3. The molecule has 0 aromatic carbocycles. The summed E-state index contributed by atoms with van der Waals surface area (Å²) in [5.74, 6) is -1.47. The summed E-state index contributed by atoms with van der Waals surface area (Å²) in [6.07, 6.45) is 3.46. The van der Waals surface area contributed by atoms with Crippen LogP contribution in [-0.4, -0.2) is 51.9 Å². The number of piperidine rings is 1. The summed E-state index contributed by atoms with van der Waals surface area (Å²) in [4.78, 5) is 23.1. The second-order valence-corrected chi connectivity index (χ2v) is 8.23. The number of nitrogens with one attached hydrogen (secondary N) is 2. The molecule has 1 aliphatic carbocycles. The third-order valence-corrected chi connectivity index (χ3v) is 5.90. The number of aromatic nitrogens is 1. The van der Waals surface area contributed by atoms with E-state index in [0.717, 1.165) is 0 Å². The average Bonchev–Trinajstić information content (AvgIpc) is 3.35. The van der Waals surface area contributed by atoms with Crippen LogP contribution in [0.25, 0.3) is 0 Å². The van der Waals surface area contributed by atoms with E-state index in [-0.39, 0.29) is 41.5 Å². The van der Waals surface area contributed by atoms with Crippen LogP contribution in [0.2, 0.25) is 0 Å². The SMILES string of the molecule is CC1C=CC(=NNC=CN)C(C(=O)N2CC3CC(Nc4ncc(C(F)(F)F)cc4F)C2C3)=N1. The van der Waals surface area contributed by atoms with Crippen LogP contribution in [0.1, 0.15) is 25.3 Å². The van der Waals surface area contributed by atoms with Gasteiger partial charge in [-0.3, -0.25) is 15.2 Å². The first-order valence-corrected chi connectivity index (χ1v) is 10.4. The average molecular weight is 465 g/mol. The van der Waals surface area contributed by atoms with Gasteiger partial charge in [-0.05, 0) is 37.8 Å². The van der Waals surface area contributed by atoms with Crippen LogP contribution >= 0.6 is 0 Å². The summed E-state index contributed by atoms with van der Waals surface area (Å²) < 4.78 is 52.7. The molecule has 33 heavy (non-hydrogen) atoms. The normalized spacial score (nSPS) is 28.0. The van der Waals surface area contributed by atoms with Crippen LogP contribution in [0.15, 0.2) is 46.9 Å². The molecule has 0 spiro atoms. The van der Waals surface area contributed by atoms with Gasteiger partial charge >= 0.3 is 6.18 Å². The number of carbonyl (C=O) groups excluding carboxylic acids is 1. The maximum Gasteiger partial charge on any atom is 0.417 e. The number of rotatable bonds is 5. The van der Waals surface area contributed by atoms with Crippen molar-refractivity contribution in [3.8, 4) is 0 Å². The number of anilines is 1. The molecule has 4 unspecified atom stereocenters. The van der Waals surface area contributed by atoms with Gasteiger partial charge in [-0.25, -0.2) is 9.37 Å². The molecule has 176 valence electrons. The summed E-state index contributed by atoms with van der Waals surface area (Å²) >= 11 is 0. The first-order chi connectivity index (χ1) is 15.7. The Hall–Kier alpha value is -3.44. The summed E-state index contributed by atoms with van der Waals surface area (Å²) in [7, 11) is 0. The number of nitrogens with two attached hydrogens (primary N) is 1. The van der Waals surface area contributed by atoms with E-state index >= 15 is 0 Å². The molecule has 2 aliphatic heterocycles. The Morgan fingerprint density at radius 2 is 2.15 bits per heavy atom. The Morgan fingerprint density at radius 3 is 2.82 bits per heavy atom. The number of halogens is 4. The standard InChI is InChI=1S/C21H23F4N7O/c1-11-2-3-15(31-28-5-4-26)18(29-11)20(33)32-10-12-6-16(17(32)7-12)30-19-14(22)8-13(9-27-19)21(23,24)25/h2-5,8-9,11-12,16-17,28H,6-7,10,26H2,1H3,(H,27,30). The van der Waals surface area contributed by atoms with Crippen LogP contribution in [0.4, 0.5) is 23.4 Å². The summed E-state index contributed by atoms with van der Waals surface area (Å²) in [5.41, 5.74) is 7.33.